The van der Waals surface area contributed by atoms with Gasteiger partial charge >= 0.3 is 0 Å². The fraction of sp³-hybridized carbons (Fsp3) is 0.364. The van der Waals surface area contributed by atoms with Crippen LogP contribution in [0.5, 0.6) is 0 Å². The Labute approximate surface area is 104 Å². The topological polar surface area (TPSA) is 62.7 Å². The van der Waals surface area contributed by atoms with Gasteiger partial charge < -0.3 is 10.6 Å². The summed E-state index contributed by atoms with van der Waals surface area (Å²) in [6, 6.07) is 0. The number of hydrogen-bond acceptors (Lipinski definition) is 6. The summed E-state index contributed by atoms with van der Waals surface area (Å²) in [6.07, 6.45) is 2.71. The summed E-state index contributed by atoms with van der Waals surface area (Å²) < 4.78 is 0. The van der Waals surface area contributed by atoms with Crippen molar-refractivity contribution in [3.63, 3.8) is 0 Å². The molecule has 0 aliphatic heterocycles. The lowest BCUT2D eigenvalue weighted by Crippen LogP contribution is -2.09. The Morgan fingerprint density at radius 3 is 2.94 bits per heavy atom. The molecule has 0 aliphatic carbocycles. The third-order valence-electron chi connectivity index (χ3n) is 2.35. The highest BCUT2D eigenvalue weighted by molar-refractivity contribution is 7.07. The van der Waals surface area contributed by atoms with Crippen molar-refractivity contribution in [1.29, 1.82) is 0 Å². The average molecular weight is 249 g/mol. The van der Waals surface area contributed by atoms with E-state index in [1.54, 1.807) is 11.3 Å². The van der Waals surface area contributed by atoms with Crippen molar-refractivity contribution >= 4 is 23.1 Å². The van der Waals surface area contributed by atoms with Gasteiger partial charge in [0.2, 0.25) is 5.95 Å². The van der Waals surface area contributed by atoms with Crippen molar-refractivity contribution in [1.82, 2.24) is 15.0 Å². The molecule has 2 N–H and O–H groups in total. The Hall–Kier alpha value is -1.69. The van der Waals surface area contributed by atoms with Gasteiger partial charge in [0.05, 0.1) is 11.2 Å². The lowest BCUT2D eigenvalue weighted by Gasteiger charge is -2.08. The lowest BCUT2D eigenvalue weighted by atomic mass is 10.3. The predicted molar refractivity (Wildman–Crippen MR) is 70.6 cm³/mol. The minimum Gasteiger partial charge on any atom is -0.369 e. The summed E-state index contributed by atoms with van der Waals surface area (Å²) in [5.41, 5.74) is 4.01. The Kier molecular flexibility index (Phi) is 3.87. The normalized spacial score (nSPS) is 10.2. The summed E-state index contributed by atoms with van der Waals surface area (Å²) >= 11 is 1.62. The van der Waals surface area contributed by atoms with Crippen molar-refractivity contribution in [2.75, 3.05) is 24.2 Å². The summed E-state index contributed by atoms with van der Waals surface area (Å²) in [5, 5.41) is 8.29. The van der Waals surface area contributed by atoms with E-state index in [4.69, 9.17) is 0 Å². The zero-order chi connectivity index (χ0) is 12.1. The maximum atomic E-state index is 4.36. The van der Waals surface area contributed by atoms with Crippen molar-refractivity contribution in [2.45, 2.75) is 13.3 Å². The average Bonchev–Trinajstić information content (AvgIpc) is 2.84. The van der Waals surface area contributed by atoms with Gasteiger partial charge in [-0.15, -0.1) is 11.3 Å². The van der Waals surface area contributed by atoms with Crippen molar-refractivity contribution in [3.8, 4) is 0 Å². The Bertz CT molecular complexity index is 469. The lowest BCUT2D eigenvalue weighted by molar-refractivity contribution is 0.960. The first-order valence-corrected chi connectivity index (χ1v) is 6.36. The molecule has 0 saturated carbocycles. The molecule has 0 spiro atoms. The zero-order valence-corrected chi connectivity index (χ0v) is 10.7. The fourth-order valence-electron chi connectivity index (χ4n) is 1.41. The first-order chi connectivity index (χ1) is 8.29. The first-order valence-electron chi connectivity index (χ1n) is 5.42. The minimum atomic E-state index is 0.631. The SMILES string of the molecule is CNc1ncc(C)c(NCCc2cscn2)n1. The monoisotopic (exact) mass is 249 g/mol. The molecule has 5 nitrogen and oxygen atoms in total. The first kappa shape index (κ1) is 11.8. The maximum absolute atomic E-state index is 4.36. The van der Waals surface area contributed by atoms with Crippen LogP contribution in [0.2, 0.25) is 0 Å². The smallest absolute Gasteiger partial charge is 0.224 e. The number of nitrogens with zero attached hydrogens (tertiary/aromatic N) is 3. The second kappa shape index (κ2) is 5.58. The van der Waals surface area contributed by atoms with Crippen LogP contribution < -0.4 is 10.6 Å². The number of aromatic nitrogens is 3. The number of hydrogen-bond donors (Lipinski definition) is 2. The van der Waals surface area contributed by atoms with Crippen LogP contribution in [0.15, 0.2) is 17.1 Å². The molecule has 0 atom stereocenters. The molecule has 0 amide bonds. The van der Waals surface area contributed by atoms with Crippen LogP contribution in [0.3, 0.4) is 0 Å². The largest absolute Gasteiger partial charge is 0.369 e. The highest BCUT2D eigenvalue weighted by atomic mass is 32.1. The van der Waals surface area contributed by atoms with E-state index in [1.165, 1.54) is 0 Å². The number of rotatable bonds is 5. The molecule has 2 rings (SSSR count). The second-order valence-electron chi connectivity index (χ2n) is 3.63. The Balaban J connectivity index is 1.94. The van der Waals surface area contributed by atoms with E-state index in [-0.39, 0.29) is 0 Å². The zero-order valence-electron chi connectivity index (χ0n) is 9.90. The van der Waals surface area contributed by atoms with Gasteiger partial charge in [0.25, 0.3) is 0 Å². The van der Waals surface area contributed by atoms with Gasteiger partial charge in [-0.3, -0.25) is 0 Å². The molecule has 2 aromatic rings. The highest BCUT2D eigenvalue weighted by Gasteiger charge is 2.02. The van der Waals surface area contributed by atoms with Crippen LogP contribution in [0.1, 0.15) is 11.3 Å². The van der Waals surface area contributed by atoms with Crippen molar-refractivity contribution < 1.29 is 0 Å². The van der Waals surface area contributed by atoms with Gasteiger partial charge in [-0.1, -0.05) is 0 Å². The molecule has 2 aromatic heterocycles. The van der Waals surface area contributed by atoms with Gasteiger partial charge in [0, 0.05) is 37.2 Å². The van der Waals surface area contributed by atoms with E-state index in [2.05, 4.69) is 31.0 Å². The molecule has 0 bridgehead atoms. The van der Waals surface area contributed by atoms with Gasteiger partial charge in [0.1, 0.15) is 5.82 Å². The van der Waals surface area contributed by atoms with Crippen LogP contribution in [-0.2, 0) is 6.42 Å². The van der Waals surface area contributed by atoms with Crippen LogP contribution in [-0.4, -0.2) is 28.5 Å². The van der Waals surface area contributed by atoms with Gasteiger partial charge in [0.15, 0.2) is 0 Å². The Morgan fingerprint density at radius 1 is 1.35 bits per heavy atom. The standard InChI is InChI=1S/C11H15N5S/c1-8-5-14-11(12-2)16-10(8)13-4-3-9-6-17-7-15-9/h5-7H,3-4H2,1-2H3,(H2,12,13,14,16). The van der Waals surface area contributed by atoms with Crippen molar-refractivity contribution in [3.05, 3.63) is 28.3 Å². The fourth-order valence-corrected chi connectivity index (χ4v) is 2.00. The molecule has 90 valence electrons. The van der Waals surface area contributed by atoms with Crippen LogP contribution >= 0.6 is 11.3 Å². The van der Waals surface area contributed by atoms with E-state index >= 15 is 0 Å². The van der Waals surface area contributed by atoms with E-state index in [0.717, 1.165) is 30.0 Å². The third kappa shape index (κ3) is 3.13. The van der Waals surface area contributed by atoms with E-state index in [9.17, 15) is 0 Å². The van der Waals surface area contributed by atoms with E-state index in [0.29, 0.717) is 5.95 Å². The molecule has 2 heterocycles. The van der Waals surface area contributed by atoms with Gasteiger partial charge in [-0.2, -0.15) is 4.98 Å². The van der Waals surface area contributed by atoms with E-state index in [1.807, 2.05) is 25.7 Å². The van der Waals surface area contributed by atoms with Crippen LogP contribution in [0, 0.1) is 6.92 Å². The number of nitrogens with one attached hydrogen (secondary N) is 2. The highest BCUT2D eigenvalue weighted by Crippen LogP contribution is 2.12. The number of aryl methyl sites for hydroxylation is 1. The molecule has 0 aromatic carbocycles. The summed E-state index contributed by atoms with van der Waals surface area (Å²) in [4.78, 5) is 12.7. The Morgan fingerprint density at radius 2 is 2.24 bits per heavy atom. The maximum Gasteiger partial charge on any atom is 0.224 e. The molecule has 0 fully saturated rings. The minimum absolute atomic E-state index is 0.631. The molecular weight excluding hydrogens is 234 g/mol. The number of anilines is 2. The molecule has 6 heteroatoms. The molecule has 0 saturated heterocycles. The second-order valence-corrected chi connectivity index (χ2v) is 4.35. The summed E-state index contributed by atoms with van der Waals surface area (Å²) in [7, 11) is 1.81. The number of thiazole rings is 1. The molecule has 0 unspecified atom stereocenters. The quantitative estimate of drug-likeness (QED) is 0.848. The molecule has 17 heavy (non-hydrogen) atoms. The van der Waals surface area contributed by atoms with E-state index < -0.39 is 0 Å². The van der Waals surface area contributed by atoms with Crippen LogP contribution in [0.25, 0.3) is 0 Å². The van der Waals surface area contributed by atoms with Gasteiger partial charge in [-0.05, 0) is 6.92 Å². The molecular formula is C11H15N5S. The summed E-state index contributed by atoms with van der Waals surface area (Å²) in [6.45, 7) is 2.81. The van der Waals surface area contributed by atoms with Gasteiger partial charge in [-0.25, -0.2) is 9.97 Å². The molecule has 0 aliphatic rings. The third-order valence-corrected chi connectivity index (χ3v) is 2.99. The van der Waals surface area contributed by atoms with Crippen LogP contribution in [0.4, 0.5) is 11.8 Å². The predicted octanol–water partition coefficient (Wildman–Crippen LogP) is 1.94. The summed E-state index contributed by atoms with van der Waals surface area (Å²) in [5.74, 6) is 1.51. The molecule has 0 radical (unpaired) electrons. The van der Waals surface area contributed by atoms with Crippen molar-refractivity contribution in [2.24, 2.45) is 0 Å².